The Morgan fingerprint density at radius 2 is 2.12 bits per heavy atom. The Morgan fingerprint density at radius 3 is 2.65 bits per heavy atom. The van der Waals surface area contributed by atoms with E-state index in [1.807, 2.05) is 12.3 Å². The number of benzene rings is 1. The SMILES string of the molecule is CSc1c(NS(C)(=O)=O)cccc1OC1CC1. The Bertz CT molecular complexity index is 509. The predicted molar refractivity (Wildman–Crippen MR) is 70.3 cm³/mol. The van der Waals surface area contributed by atoms with Gasteiger partial charge in [0.1, 0.15) is 5.75 Å². The normalized spacial score (nSPS) is 15.6. The van der Waals surface area contributed by atoms with Crippen LogP contribution in [0, 0.1) is 0 Å². The molecule has 17 heavy (non-hydrogen) atoms. The minimum absolute atomic E-state index is 0.300. The number of hydrogen-bond donors (Lipinski definition) is 1. The molecule has 4 nitrogen and oxygen atoms in total. The standard InChI is InChI=1S/C11H15NO3S2/c1-16-11-9(12-17(2,13)14)4-3-5-10(11)15-8-6-7-8/h3-5,8,12H,6-7H2,1-2H3. The molecule has 0 spiro atoms. The van der Waals surface area contributed by atoms with E-state index in [4.69, 9.17) is 4.74 Å². The van der Waals surface area contributed by atoms with Crippen LogP contribution in [0.5, 0.6) is 5.75 Å². The van der Waals surface area contributed by atoms with Gasteiger partial charge >= 0.3 is 0 Å². The van der Waals surface area contributed by atoms with Crippen molar-refractivity contribution in [3.8, 4) is 5.75 Å². The molecule has 1 aliphatic carbocycles. The summed E-state index contributed by atoms with van der Waals surface area (Å²) in [6, 6.07) is 5.41. The van der Waals surface area contributed by atoms with Crippen LogP contribution in [-0.2, 0) is 10.0 Å². The average molecular weight is 273 g/mol. The monoisotopic (exact) mass is 273 g/mol. The molecule has 1 fully saturated rings. The van der Waals surface area contributed by atoms with E-state index in [1.165, 1.54) is 11.8 Å². The molecule has 0 unspecified atom stereocenters. The highest BCUT2D eigenvalue weighted by atomic mass is 32.2. The van der Waals surface area contributed by atoms with E-state index in [9.17, 15) is 8.42 Å². The molecule has 1 aliphatic rings. The van der Waals surface area contributed by atoms with E-state index < -0.39 is 10.0 Å². The molecule has 0 saturated heterocycles. The summed E-state index contributed by atoms with van der Waals surface area (Å²) in [6.45, 7) is 0. The fourth-order valence-corrected chi connectivity index (χ4v) is 2.76. The van der Waals surface area contributed by atoms with E-state index in [-0.39, 0.29) is 0 Å². The van der Waals surface area contributed by atoms with Crippen molar-refractivity contribution in [2.24, 2.45) is 0 Å². The van der Waals surface area contributed by atoms with Gasteiger partial charge in [-0.2, -0.15) is 0 Å². The van der Waals surface area contributed by atoms with Gasteiger partial charge in [0.05, 0.1) is 22.9 Å². The summed E-state index contributed by atoms with van der Waals surface area (Å²) in [7, 11) is -3.26. The van der Waals surface area contributed by atoms with Crippen LogP contribution in [0.4, 0.5) is 5.69 Å². The van der Waals surface area contributed by atoms with Crippen molar-refractivity contribution in [1.82, 2.24) is 0 Å². The average Bonchev–Trinajstić information content (AvgIpc) is 2.99. The molecule has 1 aromatic rings. The largest absolute Gasteiger partial charge is 0.489 e. The maximum Gasteiger partial charge on any atom is 0.229 e. The maximum absolute atomic E-state index is 11.3. The van der Waals surface area contributed by atoms with Crippen LogP contribution in [0.3, 0.4) is 0 Å². The minimum atomic E-state index is -3.26. The van der Waals surface area contributed by atoms with Gasteiger partial charge in [-0.05, 0) is 31.2 Å². The molecule has 0 aromatic heterocycles. The van der Waals surface area contributed by atoms with Crippen molar-refractivity contribution in [1.29, 1.82) is 0 Å². The Balaban J connectivity index is 2.30. The molecule has 0 bridgehead atoms. The third kappa shape index (κ3) is 3.54. The summed E-state index contributed by atoms with van der Waals surface area (Å²) >= 11 is 1.48. The zero-order valence-corrected chi connectivity index (χ0v) is 11.4. The summed E-state index contributed by atoms with van der Waals surface area (Å²) in [5.74, 6) is 0.758. The van der Waals surface area contributed by atoms with Crippen LogP contribution in [0.15, 0.2) is 23.1 Å². The number of ether oxygens (including phenoxy) is 1. The molecule has 0 amide bonds. The van der Waals surface area contributed by atoms with Gasteiger partial charge in [-0.15, -0.1) is 11.8 Å². The Labute approximate surface area is 106 Å². The second-order valence-electron chi connectivity index (χ2n) is 4.03. The maximum atomic E-state index is 11.3. The first-order valence-electron chi connectivity index (χ1n) is 5.31. The van der Waals surface area contributed by atoms with Gasteiger partial charge in [-0.3, -0.25) is 4.72 Å². The topological polar surface area (TPSA) is 55.4 Å². The van der Waals surface area contributed by atoms with E-state index in [0.717, 1.165) is 29.7 Å². The number of rotatable bonds is 5. The van der Waals surface area contributed by atoms with Crippen molar-refractivity contribution >= 4 is 27.5 Å². The number of nitrogens with one attached hydrogen (secondary N) is 1. The molecule has 1 saturated carbocycles. The number of anilines is 1. The Hall–Kier alpha value is -0.880. The quantitative estimate of drug-likeness (QED) is 0.837. The molecule has 6 heteroatoms. The van der Waals surface area contributed by atoms with Gasteiger partial charge < -0.3 is 4.74 Å². The molecule has 1 aromatic carbocycles. The van der Waals surface area contributed by atoms with Crippen molar-refractivity contribution < 1.29 is 13.2 Å². The lowest BCUT2D eigenvalue weighted by molar-refractivity contribution is 0.296. The molecule has 0 heterocycles. The van der Waals surface area contributed by atoms with Crippen molar-refractivity contribution in [2.75, 3.05) is 17.2 Å². The molecule has 94 valence electrons. The third-order valence-corrected chi connectivity index (χ3v) is 3.72. The van der Waals surface area contributed by atoms with E-state index in [0.29, 0.717) is 11.8 Å². The number of thioether (sulfide) groups is 1. The molecular formula is C11H15NO3S2. The lowest BCUT2D eigenvalue weighted by Gasteiger charge is -2.14. The molecule has 0 radical (unpaired) electrons. The third-order valence-electron chi connectivity index (χ3n) is 2.30. The summed E-state index contributed by atoms with van der Waals surface area (Å²) in [4.78, 5) is 0.838. The van der Waals surface area contributed by atoms with Crippen LogP contribution in [0.1, 0.15) is 12.8 Å². The van der Waals surface area contributed by atoms with Crippen LogP contribution < -0.4 is 9.46 Å². The second kappa shape index (κ2) is 4.78. The Kier molecular flexibility index (Phi) is 3.53. The lowest BCUT2D eigenvalue weighted by Crippen LogP contribution is -2.11. The summed E-state index contributed by atoms with van der Waals surface area (Å²) < 4.78 is 30.8. The summed E-state index contributed by atoms with van der Waals surface area (Å²) in [6.07, 6.45) is 5.51. The van der Waals surface area contributed by atoms with Crippen molar-refractivity contribution in [3.05, 3.63) is 18.2 Å². The zero-order valence-electron chi connectivity index (χ0n) is 9.76. The number of sulfonamides is 1. The fourth-order valence-electron chi connectivity index (χ4n) is 1.46. The van der Waals surface area contributed by atoms with Gasteiger partial charge in [-0.25, -0.2) is 8.42 Å². The summed E-state index contributed by atoms with van der Waals surface area (Å²) in [5.41, 5.74) is 0.582. The Morgan fingerprint density at radius 1 is 1.41 bits per heavy atom. The lowest BCUT2D eigenvalue weighted by atomic mass is 10.3. The minimum Gasteiger partial charge on any atom is -0.489 e. The van der Waals surface area contributed by atoms with E-state index >= 15 is 0 Å². The first kappa shape index (κ1) is 12.6. The van der Waals surface area contributed by atoms with E-state index in [1.54, 1.807) is 12.1 Å². The van der Waals surface area contributed by atoms with Crippen LogP contribution in [0.2, 0.25) is 0 Å². The van der Waals surface area contributed by atoms with Gasteiger partial charge in [-0.1, -0.05) is 6.07 Å². The van der Waals surface area contributed by atoms with E-state index in [2.05, 4.69) is 4.72 Å². The van der Waals surface area contributed by atoms with Crippen LogP contribution in [0.25, 0.3) is 0 Å². The van der Waals surface area contributed by atoms with Gasteiger partial charge in [0.15, 0.2) is 0 Å². The van der Waals surface area contributed by atoms with Gasteiger partial charge in [0.25, 0.3) is 0 Å². The fraction of sp³-hybridized carbons (Fsp3) is 0.455. The summed E-state index contributed by atoms with van der Waals surface area (Å²) in [5, 5.41) is 0. The van der Waals surface area contributed by atoms with Crippen LogP contribution >= 0.6 is 11.8 Å². The zero-order chi connectivity index (χ0) is 12.5. The van der Waals surface area contributed by atoms with Gasteiger partial charge in [0, 0.05) is 0 Å². The first-order valence-corrected chi connectivity index (χ1v) is 8.42. The van der Waals surface area contributed by atoms with Gasteiger partial charge in [0.2, 0.25) is 10.0 Å². The molecular weight excluding hydrogens is 258 g/mol. The highest BCUT2D eigenvalue weighted by Crippen LogP contribution is 2.38. The number of hydrogen-bond acceptors (Lipinski definition) is 4. The predicted octanol–water partition coefficient (Wildman–Crippen LogP) is 2.32. The highest BCUT2D eigenvalue weighted by molar-refractivity contribution is 7.99. The second-order valence-corrected chi connectivity index (χ2v) is 6.59. The first-order chi connectivity index (χ1) is 7.99. The van der Waals surface area contributed by atoms with Crippen molar-refractivity contribution in [3.63, 3.8) is 0 Å². The molecule has 1 N–H and O–H groups in total. The molecule has 0 aliphatic heterocycles. The smallest absolute Gasteiger partial charge is 0.229 e. The van der Waals surface area contributed by atoms with Crippen LogP contribution in [-0.4, -0.2) is 27.0 Å². The molecule has 2 rings (SSSR count). The molecule has 0 atom stereocenters. The van der Waals surface area contributed by atoms with Crippen molar-refractivity contribution in [2.45, 2.75) is 23.8 Å². The highest BCUT2D eigenvalue weighted by Gasteiger charge is 2.25.